The number of hydrogen-bond donors (Lipinski definition) is 3. The zero-order chi connectivity index (χ0) is 18.8. The van der Waals surface area contributed by atoms with Crippen molar-refractivity contribution in [3.63, 3.8) is 0 Å². The number of aromatic nitrogens is 2. The maximum absolute atomic E-state index is 11.5. The van der Waals surface area contributed by atoms with Crippen LogP contribution in [0.1, 0.15) is 5.56 Å². The Morgan fingerprint density at radius 3 is 2.62 bits per heavy atom. The predicted molar refractivity (Wildman–Crippen MR) is 95.7 cm³/mol. The van der Waals surface area contributed by atoms with Gasteiger partial charge in [-0.05, 0) is 6.07 Å². The lowest BCUT2D eigenvalue weighted by Gasteiger charge is -2.10. The van der Waals surface area contributed by atoms with Crippen LogP contribution in [0.4, 0.5) is 5.69 Å². The number of nitrogens with two attached hydrogens (primary N) is 1. The number of amidine groups is 1. The van der Waals surface area contributed by atoms with E-state index in [0.717, 1.165) is 0 Å². The van der Waals surface area contributed by atoms with Gasteiger partial charge in [0.25, 0.3) is 0 Å². The highest BCUT2D eigenvalue weighted by atomic mass is 16.7. The fourth-order valence-corrected chi connectivity index (χ4v) is 2.43. The highest BCUT2D eigenvalue weighted by Crippen LogP contribution is 2.27. The number of carbonyl (C=O) groups is 1. The summed E-state index contributed by atoms with van der Waals surface area (Å²) in [5.74, 6) is -0.860. The molecule has 0 aliphatic rings. The van der Waals surface area contributed by atoms with Crippen LogP contribution in [0.2, 0.25) is 0 Å². The maximum atomic E-state index is 11.5. The number of nitrogens with one attached hydrogen (secondary N) is 1. The van der Waals surface area contributed by atoms with E-state index in [1.165, 1.54) is 10.8 Å². The molecule has 0 aliphatic heterocycles. The first-order valence-corrected chi connectivity index (χ1v) is 7.47. The third-order valence-corrected chi connectivity index (χ3v) is 3.66. The normalized spacial score (nSPS) is 10.6. The molecule has 26 heavy (non-hydrogen) atoms. The van der Waals surface area contributed by atoms with Crippen LogP contribution in [0.3, 0.4) is 0 Å². The Kier molecular flexibility index (Phi) is 4.27. The lowest BCUT2D eigenvalue weighted by atomic mass is 10.1. The molecule has 132 valence electrons. The van der Waals surface area contributed by atoms with E-state index in [-0.39, 0.29) is 11.5 Å². The minimum atomic E-state index is -1.15. The van der Waals surface area contributed by atoms with Gasteiger partial charge in [0, 0.05) is 23.3 Å². The molecule has 0 aliphatic carbocycles. The maximum Gasteiger partial charge on any atom is 0.344 e. The molecule has 0 radical (unpaired) electrons. The average molecular weight is 353 g/mol. The van der Waals surface area contributed by atoms with Crippen molar-refractivity contribution in [1.82, 2.24) is 9.71 Å². The Balaban J connectivity index is 2.16. The number of nitrogen functional groups attached to an aromatic ring is 1. The second-order valence-corrected chi connectivity index (χ2v) is 5.44. The van der Waals surface area contributed by atoms with Crippen molar-refractivity contribution in [2.45, 2.75) is 0 Å². The van der Waals surface area contributed by atoms with E-state index in [1.54, 1.807) is 36.4 Å². The van der Waals surface area contributed by atoms with Crippen molar-refractivity contribution in [1.29, 1.82) is 5.41 Å². The van der Waals surface area contributed by atoms with E-state index < -0.39 is 12.6 Å². The Hall–Kier alpha value is -3.88. The molecule has 0 saturated carbocycles. The van der Waals surface area contributed by atoms with Gasteiger partial charge in [-0.15, -0.1) is 0 Å². The van der Waals surface area contributed by atoms with Crippen molar-refractivity contribution < 1.29 is 19.5 Å². The van der Waals surface area contributed by atoms with Crippen molar-refractivity contribution in [2.75, 3.05) is 6.61 Å². The summed E-state index contributed by atoms with van der Waals surface area (Å²) in [4.78, 5) is 20.7. The lowest BCUT2D eigenvalue weighted by Crippen LogP contribution is -2.20. The fraction of sp³-hybridized carbons (Fsp3) is 0.0588. The molecule has 4 N–H and O–H groups in total. The summed E-state index contributed by atoms with van der Waals surface area (Å²) in [5, 5.41) is 27.8. The van der Waals surface area contributed by atoms with Gasteiger partial charge < -0.3 is 20.9 Å². The van der Waals surface area contributed by atoms with Gasteiger partial charge in [-0.2, -0.15) is 9.47 Å². The summed E-state index contributed by atoms with van der Waals surface area (Å²) in [6.45, 7) is 2.71. The number of carboxylic acid groups (broad SMARTS) is 1. The Bertz CT molecular complexity index is 1020. The Morgan fingerprint density at radius 1 is 1.35 bits per heavy atom. The number of aliphatic carboxylic acids is 1. The van der Waals surface area contributed by atoms with Crippen molar-refractivity contribution in [2.24, 2.45) is 5.73 Å². The van der Waals surface area contributed by atoms with Crippen LogP contribution in [0.5, 0.6) is 0 Å². The highest BCUT2D eigenvalue weighted by Gasteiger charge is 2.17. The molecule has 0 saturated heterocycles. The number of fused-ring (bicyclic) bond motifs is 1. The van der Waals surface area contributed by atoms with Crippen LogP contribution in [0.25, 0.3) is 22.4 Å². The van der Waals surface area contributed by atoms with E-state index >= 15 is 0 Å². The molecule has 3 aromatic rings. The van der Waals surface area contributed by atoms with Crippen LogP contribution >= 0.6 is 0 Å². The van der Waals surface area contributed by atoms with Crippen LogP contribution < -0.4 is 10.6 Å². The molecule has 0 fully saturated rings. The van der Waals surface area contributed by atoms with E-state index in [9.17, 15) is 10.0 Å². The van der Waals surface area contributed by atoms with Crippen molar-refractivity contribution >= 4 is 35.2 Å². The molecule has 2 aromatic carbocycles. The van der Waals surface area contributed by atoms with Crippen LogP contribution in [-0.2, 0) is 4.79 Å². The molecule has 0 unspecified atom stereocenters. The zero-order valence-corrected chi connectivity index (χ0v) is 13.5. The SMILES string of the molecule is C=[N+]([O-])c1ccc2nc(-c3ccc(C(=N)N)cc3)n(OCC(=O)O)c2c1. The van der Waals surface area contributed by atoms with E-state index in [0.29, 0.717) is 32.7 Å². The number of rotatable bonds is 6. The third kappa shape index (κ3) is 3.18. The molecule has 3 rings (SSSR count). The molecule has 0 bridgehead atoms. The number of carboxylic acids is 1. The van der Waals surface area contributed by atoms with E-state index in [1.807, 2.05) is 0 Å². The number of benzene rings is 2. The molecule has 1 aromatic heterocycles. The van der Waals surface area contributed by atoms with Gasteiger partial charge in [0.05, 0.1) is 5.52 Å². The molecule has 9 nitrogen and oxygen atoms in total. The number of nitrogens with zero attached hydrogens (tertiary/aromatic N) is 3. The summed E-state index contributed by atoms with van der Waals surface area (Å²) in [7, 11) is 0. The summed E-state index contributed by atoms with van der Waals surface area (Å²) in [5.41, 5.74) is 7.85. The molecular weight excluding hydrogens is 338 g/mol. The quantitative estimate of drug-likeness (QED) is 0.201. The Morgan fingerprint density at radius 2 is 2.04 bits per heavy atom. The van der Waals surface area contributed by atoms with Crippen LogP contribution in [0.15, 0.2) is 42.5 Å². The lowest BCUT2D eigenvalue weighted by molar-refractivity contribution is -0.349. The van der Waals surface area contributed by atoms with E-state index in [2.05, 4.69) is 11.7 Å². The minimum absolute atomic E-state index is 0.0668. The fourth-order valence-electron chi connectivity index (χ4n) is 2.43. The molecule has 1 heterocycles. The topological polar surface area (TPSA) is 140 Å². The zero-order valence-electron chi connectivity index (χ0n) is 13.5. The molecule has 0 amide bonds. The third-order valence-electron chi connectivity index (χ3n) is 3.66. The van der Waals surface area contributed by atoms with Crippen molar-refractivity contribution in [3.8, 4) is 11.4 Å². The number of hydrogen-bond acceptors (Lipinski definition) is 5. The largest absolute Gasteiger partial charge is 0.619 e. The summed E-state index contributed by atoms with van der Waals surface area (Å²) in [6, 6.07) is 11.4. The minimum Gasteiger partial charge on any atom is -0.619 e. The standard InChI is InChI=1S/C17H15N5O4/c1-21(25)12-6-7-13-14(8-12)22(26-9-15(23)24)17(20-13)11-4-2-10(3-5-11)16(18)19/h2-8H,1,9H2,(H3,18,19)(H,23,24). The Labute approximate surface area is 147 Å². The van der Waals surface area contributed by atoms with Gasteiger partial charge in [0.15, 0.2) is 5.82 Å². The highest BCUT2D eigenvalue weighted by molar-refractivity contribution is 5.95. The van der Waals surface area contributed by atoms with Gasteiger partial charge in [0.1, 0.15) is 18.1 Å². The number of imidazole rings is 1. The average Bonchev–Trinajstić information content (AvgIpc) is 2.97. The van der Waals surface area contributed by atoms with Gasteiger partial charge in [-0.3, -0.25) is 5.41 Å². The summed E-state index contributed by atoms with van der Waals surface area (Å²) >= 11 is 0. The van der Waals surface area contributed by atoms with Crippen molar-refractivity contribution in [3.05, 3.63) is 53.2 Å². The first-order valence-electron chi connectivity index (χ1n) is 7.47. The van der Waals surface area contributed by atoms with E-state index in [4.69, 9.17) is 21.1 Å². The van der Waals surface area contributed by atoms with Gasteiger partial charge in [-0.25, -0.2) is 9.78 Å². The monoisotopic (exact) mass is 353 g/mol. The summed E-state index contributed by atoms with van der Waals surface area (Å²) < 4.78 is 1.70. The first kappa shape index (κ1) is 17.0. The van der Waals surface area contributed by atoms with Gasteiger partial charge in [0.2, 0.25) is 12.3 Å². The molecule has 0 atom stereocenters. The van der Waals surface area contributed by atoms with Crippen LogP contribution in [-0.4, -0.2) is 44.7 Å². The predicted octanol–water partition coefficient (Wildman–Crippen LogP) is 1.34. The summed E-state index contributed by atoms with van der Waals surface area (Å²) in [6.07, 6.45) is 0. The second kappa shape index (κ2) is 6.55. The van der Waals surface area contributed by atoms with Crippen LogP contribution in [0, 0.1) is 10.6 Å². The first-order chi connectivity index (χ1) is 12.4. The smallest absolute Gasteiger partial charge is 0.344 e. The molecule has 0 spiro atoms. The molecular formula is C17H15N5O4. The molecule has 9 heteroatoms. The van der Waals surface area contributed by atoms with Gasteiger partial charge in [-0.1, -0.05) is 24.3 Å². The van der Waals surface area contributed by atoms with Gasteiger partial charge >= 0.3 is 5.97 Å². The second-order valence-electron chi connectivity index (χ2n) is 5.44.